The molecule has 0 aliphatic rings. The van der Waals surface area contributed by atoms with Crippen molar-refractivity contribution in [3.63, 3.8) is 0 Å². The molecule has 0 aromatic heterocycles. The molecule has 0 saturated carbocycles. The molecule has 226 valence electrons. The molecule has 3 rings (SSSR count). The lowest BCUT2D eigenvalue weighted by Crippen LogP contribution is -2.55. The normalized spacial score (nSPS) is 13.0. The van der Waals surface area contributed by atoms with E-state index in [1.54, 1.807) is 6.07 Å². The van der Waals surface area contributed by atoms with Gasteiger partial charge in [-0.25, -0.2) is 4.31 Å². The monoisotopic (exact) mass is 592 g/mol. The molecule has 2 amide bonds. The number of nitrogens with one attached hydrogen (secondary N) is 1. The van der Waals surface area contributed by atoms with Crippen molar-refractivity contribution in [2.75, 3.05) is 24.9 Å². The second kappa shape index (κ2) is 14.5. The van der Waals surface area contributed by atoms with E-state index in [1.165, 1.54) is 19.0 Å². The third kappa shape index (κ3) is 8.20. The van der Waals surface area contributed by atoms with Crippen LogP contribution < -0.4 is 9.62 Å². The number of nitrogens with zero attached hydrogens (tertiary/aromatic N) is 3. The van der Waals surface area contributed by atoms with Crippen molar-refractivity contribution in [3.8, 4) is 0 Å². The minimum atomic E-state index is -4.05. The largest absolute Gasteiger partial charge is 0.352 e. The van der Waals surface area contributed by atoms with Gasteiger partial charge in [0.15, 0.2) is 0 Å². The van der Waals surface area contributed by atoms with Gasteiger partial charge in [-0.2, -0.15) is 12.7 Å². The van der Waals surface area contributed by atoms with Gasteiger partial charge in [0.05, 0.1) is 5.69 Å². The van der Waals surface area contributed by atoms with Crippen LogP contribution in [-0.2, 0) is 32.8 Å². The molecule has 0 bridgehead atoms. The third-order valence-corrected chi connectivity index (χ3v) is 9.33. The number of aryl methyl sites for hydroxylation is 3. The highest BCUT2D eigenvalue weighted by Gasteiger charge is 2.35. The highest BCUT2D eigenvalue weighted by molar-refractivity contribution is 7.90. The second-order valence-electron chi connectivity index (χ2n) is 11.1. The van der Waals surface area contributed by atoms with E-state index in [-0.39, 0.29) is 24.9 Å². The van der Waals surface area contributed by atoms with Gasteiger partial charge in [0.25, 0.3) is 0 Å². The number of carbonyl (C=O) groups is 2. The van der Waals surface area contributed by atoms with E-state index in [0.29, 0.717) is 5.69 Å². The molecule has 0 radical (unpaired) electrons. The summed E-state index contributed by atoms with van der Waals surface area (Å²) in [7, 11) is -1.16. The first-order valence-corrected chi connectivity index (χ1v) is 15.7. The molecule has 42 heavy (non-hydrogen) atoms. The molecule has 0 aliphatic heterocycles. The molecule has 0 spiro atoms. The van der Waals surface area contributed by atoms with Crippen LogP contribution in [0, 0.1) is 20.8 Å². The maximum Gasteiger partial charge on any atom is 0.304 e. The number of amides is 2. The Morgan fingerprint density at radius 2 is 1.52 bits per heavy atom. The molecule has 0 heterocycles. The van der Waals surface area contributed by atoms with E-state index in [2.05, 4.69) is 5.32 Å². The molecule has 0 fully saturated rings. The average molecular weight is 593 g/mol. The molecular weight excluding hydrogens is 548 g/mol. The van der Waals surface area contributed by atoms with Crippen molar-refractivity contribution in [1.82, 2.24) is 14.5 Å². The van der Waals surface area contributed by atoms with Crippen molar-refractivity contribution >= 4 is 27.7 Å². The number of carbonyl (C=O) groups excluding carboxylic acids is 2. The molecule has 1 N–H and O–H groups in total. The Morgan fingerprint density at radius 3 is 2.14 bits per heavy atom. The van der Waals surface area contributed by atoms with Gasteiger partial charge in [-0.1, -0.05) is 73.7 Å². The summed E-state index contributed by atoms with van der Waals surface area (Å²) >= 11 is 0. The van der Waals surface area contributed by atoms with Gasteiger partial charge in [0.1, 0.15) is 12.6 Å². The van der Waals surface area contributed by atoms with Crippen LogP contribution in [0.1, 0.15) is 48.1 Å². The topological polar surface area (TPSA) is 90.0 Å². The van der Waals surface area contributed by atoms with Crippen LogP contribution in [0.4, 0.5) is 5.69 Å². The fraction of sp³-hybridized carbons (Fsp3) is 0.394. The standard InChI is InChI=1S/C33H44N4O4S/c1-8-27(5)34-33(39)31(21-28-15-10-9-11-16-28)36(22-29-17-13-12-14-25(29)3)32(38)23-37(42(40,41)35(6)7)30-20-24(2)18-19-26(30)4/h9-20,27,31H,8,21-23H2,1-7H3,(H,34,39). The number of anilines is 1. The first-order valence-electron chi connectivity index (χ1n) is 14.3. The van der Waals surface area contributed by atoms with Crippen LogP contribution in [0.15, 0.2) is 72.8 Å². The zero-order valence-corrected chi connectivity index (χ0v) is 26.6. The van der Waals surface area contributed by atoms with Crippen LogP contribution in [0.5, 0.6) is 0 Å². The van der Waals surface area contributed by atoms with E-state index in [1.807, 2.05) is 101 Å². The molecule has 2 atom stereocenters. The number of benzene rings is 3. The lowest BCUT2D eigenvalue weighted by atomic mass is 10.0. The fourth-order valence-electron chi connectivity index (χ4n) is 4.66. The summed E-state index contributed by atoms with van der Waals surface area (Å²) < 4.78 is 29.5. The Kier molecular flexibility index (Phi) is 11.3. The first kappa shape index (κ1) is 32.8. The Morgan fingerprint density at radius 1 is 0.881 bits per heavy atom. The van der Waals surface area contributed by atoms with Crippen molar-refractivity contribution < 1.29 is 18.0 Å². The average Bonchev–Trinajstić information content (AvgIpc) is 2.96. The second-order valence-corrected chi connectivity index (χ2v) is 13.1. The van der Waals surface area contributed by atoms with Crippen molar-refractivity contribution in [3.05, 3.63) is 101 Å². The van der Waals surface area contributed by atoms with Crippen molar-refractivity contribution in [1.29, 1.82) is 0 Å². The van der Waals surface area contributed by atoms with Crippen LogP contribution in [0.3, 0.4) is 0 Å². The quantitative estimate of drug-likeness (QED) is 0.309. The third-order valence-electron chi connectivity index (χ3n) is 7.53. The summed E-state index contributed by atoms with van der Waals surface area (Å²) in [4.78, 5) is 29.8. The summed E-state index contributed by atoms with van der Waals surface area (Å²) in [6.45, 7) is 9.27. The number of hydrogen-bond acceptors (Lipinski definition) is 4. The zero-order valence-electron chi connectivity index (χ0n) is 25.8. The lowest BCUT2D eigenvalue weighted by Gasteiger charge is -2.35. The Labute approximate surface area is 251 Å². The van der Waals surface area contributed by atoms with Gasteiger partial charge in [-0.05, 0) is 68.0 Å². The molecule has 0 saturated heterocycles. The first-order chi connectivity index (χ1) is 19.8. The van der Waals surface area contributed by atoms with Gasteiger partial charge in [0.2, 0.25) is 11.8 Å². The van der Waals surface area contributed by atoms with Gasteiger partial charge in [-0.15, -0.1) is 0 Å². The van der Waals surface area contributed by atoms with E-state index in [9.17, 15) is 18.0 Å². The van der Waals surface area contributed by atoms with Crippen LogP contribution >= 0.6 is 0 Å². The Balaban J connectivity index is 2.14. The number of rotatable bonds is 13. The van der Waals surface area contributed by atoms with Crippen LogP contribution in [-0.4, -0.2) is 62.2 Å². The smallest absolute Gasteiger partial charge is 0.304 e. The molecule has 9 heteroatoms. The van der Waals surface area contributed by atoms with Gasteiger partial charge >= 0.3 is 10.2 Å². The van der Waals surface area contributed by atoms with Crippen molar-refractivity contribution in [2.45, 2.75) is 66.1 Å². The van der Waals surface area contributed by atoms with Crippen LogP contribution in [0.2, 0.25) is 0 Å². The number of hydrogen-bond donors (Lipinski definition) is 1. The molecule has 0 aliphatic carbocycles. The highest BCUT2D eigenvalue weighted by atomic mass is 32.2. The maximum absolute atomic E-state index is 14.4. The molecule has 3 aromatic carbocycles. The molecular formula is C33H44N4O4S. The van der Waals surface area contributed by atoms with Gasteiger partial charge < -0.3 is 10.2 Å². The summed E-state index contributed by atoms with van der Waals surface area (Å²) in [5.74, 6) is -0.742. The lowest BCUT2D eigenvalue weighted by molar-refractivity contribution is -0.140. The van der Waals surface area contributed by atoms with E-state index in [0.717, 1.165) is 42.8 Å². The molecule has 8 nitrogen and oxygen atoms in total. The zero-order chi connectivity index (χ0) is 31.0. The summed E-state index contributed by atoms with van der Waals surface area (Å²) in [6, 6.07) is 21.8. The molecule has 3 aromatic rings. The van der Waals surface area contributed by atoms with E-state index in [4.69, 9.17) is 0 Å². The van der Waals surface area contributed by atoms with E-state index < -0.39 is 28.7 Å². The van der Waals surface area contributed by atoms with Gasteiger partial charge in [0, 0.05) is 33.1 Å². The predicted octanol–water partition coefficient (Wildman–Crippen LogP) is 4.78. The highest BCUT2D eigenvalue weighted by Crippen LogP contribution is 2.26. The molecule has 2 unspecified atom stereocenters. The summed E-state index contributed by atoms with van der Waals surface area (Å²) in [5, 5.41) is 3.06. The summed E-state index contributed by atoms with van der Waals surface area (Å²) in [6.07, 6.45) is 1.02. The van der Waals surface area contributed by atoms with Crippen molar-refractivity contribution in [2.24, 2.45) is 0 Å². The minimum Gasteiger partial charge on any atom is -0.352 e. The van der Waals surface area contributed by atoms with Gasteiger partial charge in [-0.3, -0.25) is 9.59 Å². The summed E-state index contributed by atoms with van der Waals surface area (Å²) in [5.41, 5.74) is 4.78. The fourth-order valence-corrected chi connectivity index (χ4v) is 5.77. The Bertz CT molecular complexity index is 1470. The SMILES string of the molecule is CCC(C)NC(=O)C(Cc1ccccc1)N(Cc1ccccc1C)C(=O)CN(c1cc(C)ccc1C)S(=O)(=O)N(C)C. The minimum absolute atomic E-state index is 0.0910. The maximum atomic E-state index is 14.4. The predicted molar refractivity (Wildman–Crippen MR) is 169 cm³/mol. The Hall–Kier alpha value is -3.69. The van der Waals surface area contributed by atoms with E-state index >= 15 is 0 Å². The van der Waals surface area contributed by atoms with Crippen LogP contribution in [0.25, 0.3) is 0 Å².